The van der Waals surface area contributed by atoms with E-state index in [1.165, 1.54) is 17.2 Å². The second kappa shape index (κ2) is 5.85. The van der Waals surface area contributed by atoms with Gasteiger partial charge in [-0.1, -0.05) is 0 Å². The Labute approximate surface area is 109 Å². The number of amides is 2. The lowest BCUT2D eigenvalue weighted by atomic mass is 10.3. The van der Waals surface area contributed by atoms with Gasteiger partial charge >= 0.3 is 0 Å². The van der Waals surface area contributed by atoms with Crippen molar-refractivity contribution in [1.29, 1.82) is 0 Å². The molecule has 104 valence electrons. The minimum Gasteiger partial charge on any atom is -0.459 e. The molecule has 7 heteroatoms. The molecule has 2 unspecified atom stereocenters. The molecule has 0 bridgehead atoms. The lowest BCUT2D eigenvalue weighted by molar-refractivity contribution is -0.130. The molecule has 0 saturated carbocycles. The van der Waals surface area contributed by atoms with Crippen LogP contribution in [-0.2, 0) is 4.79 Å². The van der Waals surface area contributed by atoms with E-state index in [1.807, 2.05) is 0 Å². The molecule has 0 radical (unpaired) electrons. The normalized spacial score (nSPS) is 22.5. The molecule has 0 aliphatic carbocycles. The van der Waals surface area contributed by atoms with Gasteiger partial charge in [0.2, 0.25) is 5.91 Å². The number of nitrogens with zero attached hydrogens (tertiary/aromatic N) is 1. The predicted octanol–water partition coefficient (Wildman–Crippen LogP) is -1.04. The summed E-state index contributed by atoms with van der Waals surface area (Å²) in [5, 5.41) is 21.2. The fourth-order valence-corrected chi connectivity index (χ4v) is 1.91. The van der Waals surface area contributed by atoms with Crippen molar-refractivity contribution in [2.75, 3.05) is 19.6 Å². The van der Waals surface area contributed by atoms with Gasteiger partial charge in [-0.2, -0.15) is 0 Å². The third kappa shape index (κ3) is 3.33. The lowest BCUT2D eigenvalue weighted by Gasteiger charge is -2.15. The zero-order valence-corrected chi connectivity index (χ0v) is 10.3. The standard InChI is InChI=1S/C12H16N2O5/c15-8-6-14(7-9(8)16)11(17)3-4-13-12(18)10-2-1-5-19-10/h1-2,5,8-9,15-16H,3-4,6-7H2,(H,13,18). The second-order valence-electron chi connectivity index (χ2n) is 4.42. The van der Waals surface area contributed by atoms with Crippen LogP contribution in [-0.4, -0.2) is 58.8 Å². The van der Waals surface area contributed by atoms with Crippen molar-refractivity contribution >= 4 is 11.8 Å². The minimum absolute atomic E-state index is 0.117. The number of aliphatic hydroxyl groups is 2. The molecule has 1 aromatic rings. The van der Waals surface area contributed by atoms with Gasteiger partial charge in [-0.05, 0) is 12.1 Å². The van der Waals surface area contributed by atoms with Gasteiger partial charge in [-0.25, -0.2) is 0 Å². The number of likely N-dealkylation sites (tertiary alicyclic amines) is 1. The fourth-order valence-electron chi connectivity index (χ4n) is 1.91. The second-order valence-corrected chi connectivity index (χ2v) is 4.42. The summed E-state index contributed by atoms with van der Waals surface area (Å²) >= 11 is 0. The molecule has 19 heavy (non-hydrogen) atoms. The molecule has 0 aromatic carbocycles. The van der Waals surface area contributed by atoms with E-state index in [0.29, 0.717) is 0 Å². The van der Waals surface area contributed by atoms with E-state index in [2.05, 4.69) is 5.32 Å². The molecule has 1 aliphatic rings. The molecule has 1 aromatic heterocycles. The zero-order chi connectivity index (χ0) is 13.8. The highest BCUT2D eigenvalue weighted by atomic mass is 16.3. The van der Waals surface area contributed by atoms with Gasteiger partial charge < -0.3 is 24.8 Å². The van der Waals surface area contributed by atoms with Gasteiger partial charge in [0.15, 0.2) is 5.76 Å². The van der Waals surface area contributed by atoms with E-state index < -0.39 is 12.2 Å². The molecular formula is C12H16N2O5. The summed E-state index contributed by atoms with van der Waals surface area (Å²) in [6.07, 6.45) is -0.262. The van der Waals surface area contributed by atoms with Crippen LogP contribution in [0.5, 0.6) is 0 Å². The largest absolute Gasteiger partial charge is 0.459 e. The van der Waals surface area contributed by atoms with Crippen LogP contribution < -0.4 is 5.32 Å². The van der Waals surface area contributed by atoms with Crippen molar-refractivity contribution in [3.05, 3.63) is 24.2 Å². The number of carbonyl (C=O) groups excluding carboxylic acids is 2. The molecular weight excluding hydrogens is 252 g/mol. The van der Waals surface area contributed by atoms with Gasteiger partial charge in [-0.15, -0.1) is 0 Å². The summed E-state index contributed by atoms with van der Waals surface area (Å²) in [5.41, 5.74) is 0. The Morgan fingerprint density at radius 2 is 2.05 bits per heavy atom. The van der Waals surface area contributed by atoms with Gasteiger partial charge in [0.25, 0.3) is 5.91 Å². The lowest BCUT2D eigenvalue weighted by Crippen LogP contribution is -2.33. The number of β-amino-alcohol motifs (C(OH)–C–C–N with tert-alkyl or cyclic N) is 2. The summed E-state index contributed by atoms with van der Waals surface area (Å²) in [4.78, 5) is 24.6. The van der Waals surface area contributed by atoms with Crippen LogP contribution in [0.2, 0.25) is 0 Å². The number of carbonyl (C=O) groups is 2. The molecule has 2 rings (SSSR count). The molecule has 2 heterocycles. The van der Waals surface area contributed by atoms with Crippen LogP contribution in [0, 0.1) is 0 Å². The van der Waals surface area contributed by atoms with E-state index in [4.69, 9.17) is 4.42 Å². The average molecular weight is 268 g/mol. The first-order valence-electron chi connectivity index (χ1n) is 6.03. The molecule has 3 N–H and O–H groups in total. The summed E-state index contributed by atoms with van der Waals surface area (Å²) in [6, 6.07) is 3.14. The minimum atomic E-state index is -0.887. The van der Waals surface area contributed by atoms with Gasteiger partial charge in [0.05, 0.1) is 18.5 Å². The topological polar surface area (TPSA) is 103 Å². The van der Waals surface area contributed by atoms with E-state index >= 15 is 0 Å². The maximum absolute atomic E-state index is 11.7. The Morgan fingerprint density at radius 3 is 2.63 bits per heavy atom. The van der Waals surface area contributed by atoms with Crippen molar-refractivity contribution in [3.8, 4) is 0 Å². The molecule has 7 nitrogen and oxygen atoms in total. The van der Waals surface area contributed by atoms with E-state index in [1.54, 1.807) is 6.07 Å². The first-order valence-corrected chi connectivity index (χ1v) is 6.03. The molecule has 1 aliphatic heterocycles. The Balaban J connectivity index is 1.71. The van der Waals surface area contributed by atoms with E-state index in [-0.39, 0.29) is 43.6 Å². The monoisotopic (exact) mass is 268 g/mol. The summed E-state index contributed by atoms with van der Waals surface area (Å²) in [5.74, 6) is -0.394. The zero-order valence-electron chi connectivity index (χ0n) is 10.3. The number of hydrogen-bond acceptors (Lipinski definition) is 5. The maximum atomic E-state index is 11.7. The van der Waals surface area contributed by atoms with Crippen LogP contribution in [0.4, 0.5) is 0 Å². The summed E-state index contributed by atoms with van der Waals surface area (Å²) in [7, 11) is 0. The molecule has 2 atom stereocenters. The Morgan fingerprint density at radius 1 is 1.37 bits per heavy atom. The number of hydrogen-bond donors (Lipinski definition) is 3. The number of aliphatic hydroxyl groups excluding tert-OH is 2. The molecule has 1 saturated heterocycles. The quantitative estimate of drug-likeness (QED) is 0.647. The third-order valence-electron chi connectivity index (χ3n) is 2.98. The number of nitrogens with one attached hydrogen (secondary N) is 1. The van der Waals surface area contributed by atoms with Gasteiger partial charge in [-0.3, -0.25) is 9.59 Å². The highest BCUT2D eigenvalue weighted by Crippen LogP contribution is 2.10. The van der Waals surface area contributed by atoms with Crippen molar-refractivity contribution in [2.45, 2.75) is 18.6 Å². The first-order chi connectivity index (χ1) is 9.08. The summed E-state index contributed by atoms with van der Waals surface area (Å²) < 4.78 is 4.91. The van der Waals surface area contributed by atoms with Crippen LogP contribution in [0.3, 0.4) is 0 Å². The SMILES string of the molecule is O=C(NCCC(=O)N1CC(O)C(O)C1)c1ccco1. The van der Waals surface area contributed by atoms with Crippen LogP contribution in [0.1, 0.15) is 17.0 Å². The van der Waals surface area contributed by atoms with E-state index in [9.17, 15) is 19.8 Å². The van der Waals surface area contributed by atoms with Crippen LogP contribution >= 0.6 is 0 Å². The van der Waals surface area contributed by atoms with Crippen molar-refractivity contribution in [3.63, 3.8) is 0 Å². The fraction of sp³-hybridized carbons (Fsp3) is 0.500. The Kier molecular flexibility index (Phi) is 4.18. The predicted molar refractivity (Wildman–Crippen MR) is 64.3 cm³/mol. The van der Waals surface area contributed by atoms with Gasteiger partial charge in [0, 0.05) is 26.1 Å². The average Bonchev–Trinajstić information content (AvgIpc) is 3.00. The van der Waals surface area contributed by atoms with Crippen LogP contribution in [0.25, 0.3) is 0 Å². The number of furan rings is 1. The summed E-state index contributed by atoms with van der Waals surface area (Å²) in [6.45, 7) is 0.444. The van der Waals surface area contributed by atoms with Crippen LogP contribution in [0.15, 0.2) is 22.8 Å². The highest BCUT2D eigenvalue weighted by molar-refractivity contribution is 5.91. The van der Waals surface area contributed by atoms with E-state index in [0.717, 1.165) is 0 Å². The van der Waals surface area contributed by atoms with Crippen molar-refractivity contribution in [2.24, 2.45) is 0 Å². The smallest absolute Gasteiger partial charge is 0.286 e. The maximum Gasteiger partial charge on any atom is 0.286 e. The Hall–Kier alpha value is -1.86. The molecule has 2 amide bonds. The Bertz CT molecular complexity index is 435. The van der Waals surface area contributed by atoms with Gasteiger partial charge in [0.1, 0.15) is 0 Å². The first kappa shape index (κ1) is 13.6. The molecule has 0 spiro atoms. The van der Waals surface area contributed by atoms with Crippen molar-refractivity contribution in [1.82, 2.24) is 10.2 Å². The molecule has 1 fully saturated rings. The third-order valence-corrected chi connectivity index (χ3v) is 2.98. The number of rotatable bonds is 4. The van der Waals surface area contributed by atoms with Crippen molar-refractivity contribution < 1.29 is 24.2 Å². The highest BCUT2D eigenvalue weighted by Gasteiger charge is 2.32.